The van der Waals surface area contributed by atoms with Crippen LogP contribution in [-0.4, -0.2) is 40.3 Å². The maximum atomic E-state index is 12.4. The Labute approximate surface area is 151 Å². The SMILES string of the molecule is Nc1nc(-n2nccn2)c(Cl)nc1C(=O)NCc1cnc2ccccn12. The van der Waals surface area contributed by atoms with Gasteiger partial charge in [0.05, 0.1) is 30.8 Å². The van der Waals surface area contributed by atoms with E-state index in [4.69, 9.17) is 17.3 Å². The van der Waals surface area contributed by atoms with E-state index in [0.717, 1.165) is 11.3 Å². The van der Waals surface area contributed by atoms with Gasteiger partial charge in [0.2, 0.25) is 5.82 Å². The number of rotatable bonds is 4. The summed E-state index contributed by atoms with van der Waals surface area (Å²) in [6.45, 7) is 0.241. The zero-order valence-corrected chi connectivity index (χ0v) is 14.0. The van der Waals surface area contributed by atoms with Gasteiger partial charge in [-0.05, 0) is 12.1 Å². The first-order chi connectivity index (χ1) is 12.6. The van der Waals surface area contributed by atoms with Gasteiger partial charge in [-0.3, -0.25) is 4.79 Å². The molecule has 26 heavy (non-hydrogen) atoms. The fraction of sp³-hybridized carbons (Fsp3) is 0.0667. The van der Waals surface area contributed by atoms with Crippen LogP contribution in [0.15, 0.2) is 43.0 Å². The van der Waals surface area contributed by atoms with Crippen molar-refractivity contribution in [2.45, 2.75) is 6.54 Å². The molecule has 4 aromatic rings. The molecule has 1 amide bonds. The first-order valence-electron chi connectivity index (χ1n) is 7.52. The lowest BCUT2D eigenvalue weighted by Gasteiger charge is -2.09. The number of halogens is 1. The molecule has 0 unspecified atom stereocenters. The van der Waals surface area contributed by atoms with Gasteiger partial charge in [0.15, 0.2) is 16.7 Å². The van der Waals surface area contributed by atoms with Gasteiger partial charge in [0.25, 0.3) is 5.91 Å². The van der Waals surface area contributed by atoms with Crippen LogP contribution < -0.4 is 11.1 Å². The zero-order valence-electron chi connectivity index (χ0n) is 13.2. The van der Waals surface area contributed by atoms with Gasteiger partial charge in [0.1, 0.15) is 5.65 Å². The van der Waals surface area contributed by atoms with Crippen molar-refractivity contribution in [3.05, 3.63) is 59.5 Å². The third-order valence-electron chi connectivity index (χ3n) is 3.61. The largest absolute Gasteiger partial charge is 0.382 e. The highest BCUT2D eigenvalue weighted by atomic mass is 35.5. The number of amides is 1. The van der Waals surface area contributed by atoms with E-state index in [0.29, 0.717) is 0 Å². The van der Waals surface area contributed by atoms with Crippen LogP contribution in [0.5, 0.6) is 0 Å². The fourth-order valence-corrected chi connectivity index (χ4v) is 2.61. The molecule has 0 saturated heterocycles. The van der Waals surface area contributed by atoms with Crippen molar-refractivity contribution in [1.82, 2.24) is 39.7 Å². The minimum absolute atomic E-state index is 0.0321. The number of anilines is 1. The summed E-state index contributed by atoms with van der Waals surface area (Å²) in [6, 6.07) is 5.64. The molecule has 130 valence electrons. The molecule has 11 heteroatoms. The Balaban J connectivity index is 1.56. The molecule has 0 aliphatic carbocycles. The Morgan fingerprint density at radius 3 is 2.85 bits per heavy atom. The second kappa shape index (κ2) is 6.41. The van der Waals surface area contributed by atoms with Gasteiger partial charge in [-0.25, -0.2) is 15.0 Å². The lowest BCUT2D eigenvalue weighted by Crippen LogP contribution is -2.26. The van der Waals surface area contributed by atoms with Gasteiger partial charge in [-0.2, -0.15) is 10.2 Å². The highest BCUT2D eigenvalue weighted by molar-refractivity contribution is 6.31. The predicted molar refractivity (Wildman–Crippen MR) is 92.7 cm³/mol. The number of pyridine rings is 1. The molecule has 4 aromatic heterocycles. The smallest absolute Gasteiger partial charge is 0.274 e. The third-order valence-corrected chi connectivity index (χ3v) is 3.86. The first kappa shape index (κ1) is 16.0. The second-order valence-corrected chi connectivity index (χ2v) is 5.61. The molecule has 0 fully saturated rings. The lowest BCUT2D eigenvalue weighted by molar-refractivity contribution is 0.0946. The van der Waals surface area contributed by atoms with Crippen LogP contribution in [0, 0.1) is 0 Å². The number of aromatic nitrogens is 7. The number of nitrogen functional groups attached to an aromatic ring is 1. The Morgan fingerprint density at radius 1 is 1.23 bits per heavy atom. The first-order valence-corrected chi connectivity index (χ1v) is 7.90. The maximum Gasteiger partial charge on any atom is 0.274 e. The van der Waals surface area contributed by atoms with Gasteiger partial charge < -0.3 is 15.5 Å². The van der Waals surface area contributed by atoms with Crippen LogP contribution in [0.3, 0.4) is 0 Å². The van der Waals surface area contributed by atoms with Crippen LogP contribution >= 0.6 is 11.6 Å². The summed E-state index contributed by atoms with van der Waals surface area (Å²) in [7, 11) is 0. The van der Waals surface area contributed by atoms with Crippen molar-refractivity contribution in [1.29, 1.82) is 0 Å². The van der Waals surface area contributed by atoms with Crippen LogP contribution in [0.1, 0.15) is 16.2 Å². The maximum absolute atomic E-state index is 12.4. The van der Waals surface area contributed by atoms with E-state index in [1.54, 1.807) is 6.20 Å². The Hall–Kier alpha value is -3.53. The molecule has 4 heterocycles. The third kappa shape index (κ3) is 2.82. The molecule has 10 nitrogen and oxygen atoms in total. The van der Waals surface area contributed by atoms with E-state index in [1.165, 1.54) is 17.2 Å². The topological polar surface area (TPSA) is 129 Å². The van der Waals surface area contributed by atoms with Crippen LogP contribution in [0.25, 0.3) is 11.5 Å². The number of nitrogens with two attached hydrogens (primary N) is 1. The summed E-state index contributed by atoms with van der Waals surface area (Å²) in [4.78, 5) is 26.0. The van der Waals surface area contributed by atoms with Crippen LogP contribution in [-0.2, 0) is 6.54 Å². The Kier molecular flexibility index (Phi) is 3.93. The number of carbonyl (C=O) groups excluding carboxylic acids is 1. The number of carbonyl (C=O) groups is 1. The molecule has 0 aromatic carbocycles. The van der Waals surface area contributed by atoms with E-state index >= 15 is 0 Å². The minimum Gasteiger partial charge on any atom is -0.382 e. The van der Waals surface area contributed by atoms with Gasteiger partial charge in [0, 0.05) is 6.20 Å². The van der Waals surface area contributed by atoms with Crippen molar-refractivity contribution in [2.75, 3.05) is 5.73 Å². The van der Waals surface area contributed by atoms with Crippen LogP contribution in [0.4, 0.5) is 5.82 Å². The number of imidazole rings is 1. The highest BCUT2D eigenvalue weighted by Crippen LogP contribution is 2.18. The van der Waals surface area contributed by atoms with E-state index in [9.17, 15) is 4.79 Å². The Bertz CT molecular complexity index is 1090. The fourth-order valence-electron chi connectivity index (χ4n) is 2.41. The molecule has 4 rings (SSSR count). The second-order valence-electron chi connectivity index (χ2n) is 5.25. The van der Waals surface area contributed by atoms with E-state index in [-0.39, 0.29) is 29.0 Å². The summed E-state index contributed by atoms with van der Waals surface area (Å²) in [6.07, 6.45) is 6.47. The van der Waals surface area contributed by atoms with Gasteiger partial charge in [-0.1, -0.05) is 17.7 Å². The monoisotopic (exact) mass is 369 g/mol. The predicted octanol–water partition coefficient (Wildman–Crippen LogP) is 0.871. The average Bonchev–Trinajstić information content (AvgIpc) is 3.31. The molecule has 0 radical (unpaired) electrons. The quantitative estimate of drug-likeness (QED) is 0.546. The standard InChI is InChI=1S/C15H12ClN9O/c16-12-14(25-20-4-5-21-25)23-13(17)11(22-12)15(26)19-8-9-7-18-10-3-1-2-6-24(9)10/h1-7H,8H2,(H2,17,23)(H,19,26). The molecule has 0 spiro atoms. The Morgan fingerprint density at radius 2 is 2.04 bits per heavy atom. The molecule has 0 aliphatic heterocycles. The lowest BCUT2D eigenvalue weighted by atomic mass is 10.3. The van der Waals surface area contributed by atoms with Crippen molar-refractivity contribution < 1.29 is 4.79 Å². The van der Waals surface area contributed by atoms with Crippen molar-refractivity contribution in [3.8, 4) is 5.82 Å². The van der Waals surface area contributed by atoms with E-state index in [2.05, 4.69) is 30.5 Å². The van der Waals surface area contributed by atoms with Crippen molar-refractivity contribution in [2.24, 2.45) is 0 Å². The zero-order chi connectivity index (χ0) is 18.1. The molecule has 0 atom stereocenters. The molecule has 3 N–H and O–H groups in total. The molecular weight excluding hydrogens is 358 g/mol. The molecule has 0 aliphatic rings. The highest BCUT2D eigenvalue weighted by Gasteiger charge is 2.18. The van der Waals surface area contributed by atoms with Crippen molar-refractivity contribution >= 4 is 29.0 Å². The van der Waals surface area contributed by atoms with E-state index < -0.39 is 5.91 Å². The average molecular weight is 370 g/mol. The number of hydrogen-bond donors (Lipinski definition) is 2. The number of nitrogens with one attached hydrogen (secondary N) is 1. The van der Waals surface area contributed by atoms with E-state index in [1.807, 2.05) is 28.8 Å². The van der Waals surface area contributed by atoms with Crippen LogP contribution in [0.2, 0.25) is 5.15 Å². The number of nitrogens with zero attached hydrogens (tertiary/aromatic N) is 7. The molecule has 0 bridgehead atoms. The number of hydrogen-bond acceptors (Lipinski definition) is 7. The van der Waals surface area contributed by atoms with Gasteiger partial charge in [-0.15, -0.1) is 4.80 Å². The number of fused-ring (bicyclic) bond motifs is 1. The summed E-state index contributed by atoms with van der Waals surface area (Å²) in [5, 5.41) is 10.5. The summed E-state index contributed by atoms with van der Waals surface area (Å²) >= 11 is 6.09. The molecular formula is C15H12ClN9O. The molecule has 0 saturated carbocycles. The normalized spacial score (nSPS) is 11.0. The minimum atomic E-state index is -0.497. The van der Waals surface area contributed by atoms with Gasteiger partial charge >= 0.3 is 0 Å². The van der Waals surface area contributed by atoms with Crippen molar-refractivity contribution in [3.63, 3.8) is 0 Å². The summed E-state index contributed by atoms with van der Waals surface area (Å²) in [5.41, 5.74) is 7.38. The summed E-state index contributed by atoms with van der Waals surface area (Å²) < 4.78 is 1.87. The summed E-state index contributed by atoms with van der Waals surface area (Å²) in [5.74, 6) is -0.424.